The van der Waals surface area contributed by atoms with Crippen LogP contribution >= 0.6 is 14.3 Å². The van der Waals surface area contributed by atoms with E-state index in [1.165, 1.54) is 0 Å². The van der Waals surface area contributed by atoms with Crippen molar-refractivity contribution in [2.45, 2.75) is 39.9 Å². The van der Waals surface area contributed by atoms with Crippen LogP contribution in [-0.4, -0.2) is 12.2 Å². The van der Waals surface area contributed by atoms with E-state index in [1.807, 2.05) is 185 Å². The van der Waals surface area contributed by atoms with Crippen LogP contribution in [0.1, 0.15) is 27.7 Å². The highest BCUT2D eigenvalue weighted by Gasteiger charge is 2.40. The first kappa shape index (κ1) is 33.3. The summed E-state index contributed by atoms with van der Waals surface area (Å²) in [4.78, 5) is 0. The minimum atomic E-state index is -3.59. The molecule has 0 fully saturated rings. The summed E-state index contributed by atoms with van der Waals surface area (Å²) < 4.78 is 45.4. The van der Waals surface area contributed by atoms with Crippen molar-refractivity contribution < 1.29 is 18.6 Å². The van der Waals surface area contributed by atoms with Crippen LogP contribution in [0, 0.1) is 0 Å². The topological polar surface area (TPSA) is 52.6 Å². The lowest BCUT2D eigenvalue weighted by Crippen LogP contribution is -2.32. The molecule has 0 spiro atoms. The van der Waals surface area contributed by atoms with Gasteiger partial charge in [-0.15, -0.1) is 0 Å². The fourth-order valence-electron chi connectivity index (χ4n) is 6.19. The van der Waals surface area contributed by atoms with E-state index < -0.39 is 14.3 Å². The number of benzene rings is 6. The first-order chi connectivity index (χ1) is 23.2. The molecule has 0 aromatic heterocycles. The molecule has 6 aromatic carbocycles. The standard InChI is InChI=1S/C42H40O4P2/c1-31(2)45-39-29-17-27-37(41(39)47(43,33-19-9-5-10-20-33)34-21-11-6-12-22-34)38-28-18-30-40(46-32(3)4)42(38)48(44,35-23-13-7-14-24-35)36-25-15-8-16-26-36/h5-32H,1-4H3. The average Bonchev–Trinajstić information content (AvgIpc) is 3.12. The van der Waals surface area contributed by atoms with Gasteiger partial charge in [0, 0.05) is 21.2 Å². The zero-order valence-electron chi connectivity index (χ0n) is 27.7. The fraction of sp³-hybridized carbons (Fsp3) is 0.143. The van der Waals surface area contributed by atoms with Gasteiger partial charge in [-0.25, -0.2) is 0 Å². The minimum Gasteiger partial charge on any atom is -0.490 e. The van der Waals surface area contributed by atoms with E-state index in [4.69, 9.17) is 9.47 Å². The summed E-state index contributed by atoms with van der Waals surface area (Å²) in [5, 5.41) is 3.86. The first-order valence-electron chi connectivity index (χ1n) is 16.3. The van der Waals surface area contributed by atoms with Crippen LogP contribution in [0.25, 0.3) is 11.1 Å². The Morgan fingerprint density at radius 1 is 0.375 bits per heavy atom. The molecule has 0 unspecified atom stereocenters. The summed E-state index contributed by atoms with van der Waals surface area (Å²) in [6.45, 7) is 7.86. The second-order valence-electron chi connectivity index (χ2n) is 12.2. The molecule has 6 rings (SSSR count). The maximum absolute atomic E-state index is 16.2. The van der Waals surface area contributed by atoms with E-state index in [0.29, 0.717) is 54.5 Å². The van der Waals surface area contributed by atoms with Crippen molar-refractivity contribution in [3.8, 4) is 22.6 Å². The van der Waals surface area contributed by atoms with E-state index in [-0.39, 0.29) is 12.2 Å². The molecule has 0 atom stereocenters. The molecule has 6 heteroatoms. The number of ether oxygens (including phenoxy) is 2. The molecule has 242 valence electrons. The smallest absolute Gasteiger partial charge is 0.175 e. The summed E-state index contributed by atoms with van der Waals surface area (Å²) >= 11 is 0. The van der Waals surface area contributed by atoms with Crippen molar-refractivity contribution in [2.24, 2.45) is 0 Å². The van der Waals surface area contributed by atoms with Gasteiger partial charge in [0.2, 0.25) is 0 Å². The maximum Gasteiger partial charge on any atom is 0.175 e. The summed E-state index contributed by atoms with van der Waals surface area (Å²) in [5.74, 6) is 1.04. The number of rotatable bonds is 11. The second-order valence-corrected chi connectivity index (χ2v) is 17.6. The Hall–Kier alpha value is -4.62. The van der Waals surface area contributed by atoms with E-state index in [0.717, 1.165) is 0 Å². The lowest BCUT2D eigenvalue weighted by molar-refractivity contribution is 0.244. The minimum absolute atomic E-state index is 0.186. The van der Waals surface area contributed by atoms with Gasteiger partial charge in [-0.2, -0.15) is 0 Å². The van der Waals surface area contributed by atoms with Gasteiger partial charge in [-0.3, -0.25) is 0 Å². The van der Waals surface area contributed by atoms with E-state index in [1.54, 1.807) is 0 Å². The molecule has 0 saturated heterocycles. The largest absolute Gasteiger partial charge is 0.490 e. The lowest BCUT2D eigenvalue weighted by Gasteiger charge is -2.29. The molecule has 0 heterocycles. The summed E-state index contributed by atoms with van der Waals surface area (Å²) in [7, 11) is -7.18. The van der Waals surface area contributed by atoms with Gasteiger partial charge in [0.1, 0.15) is 11.5 Å². The molecule has 0 aliphatic carbocycles. The highest BCUT2D eigenvalue weighted by molar-refractivity contribution is 7.86. The van der Waals surface area contributed by atoms with Crippen molar-refractivity contribution in [3.05, 3.63) is 158 Å². The summed E-state index contributed by atoms with van der Waals surface area (Å²) in [5.41, 5.74) is 1.36. The third kappa shape index (κ3) is 6.31. The van der Waals surface area contributed by atoms with Crippen LogP contribution in [0.15, 0.2) is 158 Å². The summed E-state index contributed by atoms with van der Waals surface area (Å²) in [6, 6.07) is 49.9. The maximum atomic E-state index is 16.2. The summed E-state index contributed by atoms with van der Waals surface area (Å²) in [6.07, 6.45) is -0.373. The fourth-order valence-corrected chi connectivity index (χ4v) is 12.1. The molecular formula is C42H40O4P2. The zero-order valence-corrected chi connectivity index (χ0v) is 29.5. The molecule has 48 heavy (non-hydrogen) atoms. The van der Waals surface area contributed by atoms with Gasteiger partial charge in [0.15, 0.2) is 14.3 Å². The Kier molecular flexibility index (Phi) is 9.88. The van der Waals surface area contributed by atoms with Gasteiger partial charge in [0.25, 0.3) is 0 Å². The van der Waals surface area contributed by atoms with Gasteiger partial charge >= 0.3 is 0 Å². The van der Waals surface area contributed by atoms with Gasteiger partial charge < -0.3 is 18.6 Å². The Morgan fingerprint density at radius 3 is 0.896 bits per heavy atom. The molecule has 0 aliphatic heterocycles. The number of hydrogen-bond acceptors (Lipinski definition) is 4. The normalized spacial score (nSPS) is 11.9. The van der Waals surface area contributed by atoms with Crippen molar-refractivity contribution >= 4 is 46.1 Å². The predicted molar refractivity (Wildman–Crippen MR) is 202 cm³/mol. The van der Waals surface area contributed by atoms with E-state index in [2.05, 4.69) is 0 Å². The van der Waals surface area contributed by atoms with Crippen molar-refractivity contribution in [2.75, 3.05) is 0 Å². The molecule has 4 nitrogen and oxygen atoms in total. The van der Waals surface area contributed by atoms with Crippen LogP contribution in [0.2, 0.25) is 0 Å². The van der Waals surface area contributed by atoms with Crippen LogP contribution < -0.4 is 41.3 Å². The predicted octanol–water partition coefficient (Wildman–Crippen LogP) is 8.21. The van der Waals surface area contributed by atoms with Crippen LogP contribution in [0.3, 0.4) is 0 Å². The van der Waals surface area contributed by atoms with E-state index in [9.17, 15) is 0 Å². The molecule has 0 radical (unpaired) electrons. The number of hydrogen-bond donors (Lipinski definition) is 0. The molecule has 0 amide bonds. The van der Waals surface area contributed by atoms with E-state index >= 15 is 9.13 Å². The zero-order chi connectivity index (χ0) is 33.7. The van der Waals surface area contributed by atoms with Crippen molar-refractivity contribution in [1.29, 1.82) is 0 Å². The lowest BCUT2D eigenvalue weighted by atomic mass is 10.0. The SMILES string of the molecule is CC(C)Oc1cccc(-c2cccc(OC(C)C)c2P(=O)(c2ccccc2)c2ccccc2)c1P(=O)(c1ccccc1)c1ccccc1. The highest BCUT2D eigenvalue weighted by Crippen LogP contribution is 2.52. The van der Waals surface area contributed by atoms with Gasteiger partial charge in [0.05, 0.1) is 22.8 Å². The molecular weight excluding hydrogens is 630 g/mol. The van der Waals surface area contributed by atoms with Gasteiger partial charge in [-0.1, -0.05) is 146 Å². The Balaban J connectivity index is 1.79. The van der Waals surface area contributed by atoms with Crippen molar-refractivity contribution in [1.82, 2.24) is 0 Å². The third-order valence-electron chi connectivity index (χ3n) is 8.12. The molecule has 0 N–H and O–H groups in total. The average molecular weight is 671 g/mol. The van der Waals surface area contributed by atoms with Crippen LogP contribution in [0.5, 0.6) is 11.5 Å². The monoisotopic (exact) mass is 670 g/mol. The first-order valence-corrected chi connectivity index (χ1v) is 19.7. The Bertz CT molecular complexity index is 1840. The molecule has 0 bridgehead atoms. The van der Waals surface area contributed by atoms with Gasteiger partial charge in [-0.05, 0) is 51.0 Å². The quantitative estimate of drug-likeness (QED) is 0.131. The van der Waals surface area contributed by atoms with Crippen LogP contribution in [0.4, 0.5) is 0 Å². The molecule has 0 aliphatic rings. The Morgan fingerprint density at radius 2 is 0.646 bits per heavy atom. The molecule has 0 saturated carbocycles. The molecule has 6 aromatic rings. The third-order valence-corrected chi connectivity index (χ3v) is 14.4. The van der Waals surface area contributed by atoms with Crippen LogP contribution in [-0.2, 0) is 9.13 Å². The van der Waals surface area contributed by atoms with Crippen molar-refractivity contribution in [3.63, 3.8) is 0 Å². The highest BCUT2D eigenvalue weighted by atomic mass is 31.2. The Labute approximate surface area is 284 Å². The second kappa shape index (κ2) is 14.2.